The van der Waals surface area contributed by atoms with Gasteiger partial charge in [0.15, 0.2) is 17.3 Å². The molecule has 74 heavy (non-hydrogen) atoms. The van der Waals surface area contributed by atoms with Crippen LogP contribution in [-0.2, 0) is 4.79 Å². The van der Waals surface area contributed by atoms with Crippen LogP contribution in [0.5, 0.6) is 11.5 Å². The Labute approximate surface area is 427 Å². The Kier molecular flexibility index (Phi) is 16.8. The number of hydrogen-bond acceptors (Lipinski definition) is 9. The average Bonchev–Trinajstić information content (AvgIpc) is 3.37. The van der Waals surface area contributed by atoms with E-state index in [-0.39, 0.29) is 85.9 Å². The quantitative estimate of drug-likeness (QED) is 0.0642. The summed E-state index contributed by atoms with van der Waals surface area (Å²) >= 11 is 0. The normalized spacial score (nSPS) is 27.4. The van der Waals surface area contributed by atoms with Crippen molar-refractivity contribution in [3.05, 3.63) is 130 Å². The van der Waals surface area contributed by atoms with Gasteiger partial charge in [-0.1, -0.05) is 48.5 Å². The molecule has 4 aliphatic heterocycles. The number of benzene rings is 4. The van der Waals surface area contributed by atoms with Crippen LogP contribution in [0.25, 0.3) is 0 Å². The monoisotopic (exact) mass is 1040 g/mol. The third kappa shape index (κ3) is 11.5. The van der Waals surface area contributed by atoms with Crippen LogP contribution in [0, 0.1) is 49.2 Å². The lowest BCUT2D eigenvalue weighted by Gasteiger charge is -2.63. The first-order chi connectivity index (χ1) is 35.1. The van der Waals surface area contributed by atoms with E-state index in [0.717, 1.165) is 0 Å². The Morgan fingerprint density at radius 3 is 1.35 bits per heavy atom. The van der Waals surface area contributed by atoms with E-state index in [9.17, 15) is 36.6 Å². The largest absolute Gasteiger partial charge is 0.508 e. The standard InChI is InChI=1S/C57H66F8N4O5/c1-35-43(17-5-19-49(35)58)45-29-54(39-13-7-23-66-31-39,68(25-9-21-56(60,61)62)33-47(45)51(72)37-11-3-15-41(70)27-37)53(74)55(40-14-8-24-67-32-40)30-46(44-18-6-20-50(59)36(44)2)48(34-69(55)26-10-22-57(63,64)65)52(73)38-12-4-16-42(71)28-38/h3-6,11-12,15-20,27-28,39-40,45-48,66-67,70-71H,7-10,13-14,21-26,29-34H2,1-2H3/t39?,40?,45-,46-,47-,48-,54+,55+/m0/s1. The van der Waals surface area contributed by atoms with Gasteiger partial charge >= 0.3 is 12.4 Å². The fourth-order valence-electron chi connectivity index (χ4n) is 13.4. The van der Waals surface area contributed by atoms with Gasteiger partial charge in [-0.05, 0) is 174 Å². The molecule has 4 aliphatic rings. The molecule has 0 saturated carbocycles. The maximum Gasteiger partial charge on any atom is 0.389 e. The first-order valence-electron chi connectivity index (χ1n) is 25.9. The van der Waals surface area contributed by atoms with E-state index in [1.807, 2.05) is 0 Å². The zero-order chi connectivity index (χ0) is 53.2. The maximum absolute atomic E-state index is 17.8. The smallest absolute Gasteiger partial charge is 0.389 e. The fourth-order valence-corrected chi connectivity index (χ4v) is 13.4. The number of nitrogens with zero attached hydrogens (tertiary/aromatic N) is 2. The molecular weight excluding hydrogens is 973 g/mol. The highest BCUT2D eigenvalue weighted by atomic mass is 19.4. The summed E-state index contributed by atoms with van der Waals surface area (Å²) in [5.41, 5.74) is -2.13. The van der Waals surface area contributed by atoms with Gasteiger partial charge in [0.2, 0.25) is 0 Å². The second-order valence-corrected chi connectivity index (χ2v) is 21.2. The van der Waals surface area contributed by atoms with Gasteiger partial charge in [0.25, 0.3) is 0 Å². The zero-order valence-electron chi connectivity index (χ0n) is 41.8. The molecule has 4 saturated heterocycles. The summed E-state index contributed by atoms with van der Waals surface area (Å²) < 4.78 is 118. The Balaban J connectivity index is 1.41. The van der Waals surface area contributed by atoms with Crippen LogP contribution in [0.4, 0.5) is 35.1 Å². The Hall–Kier alpha value is -5.23. The van der Waals surface area contributed by atoms with E-state index in [2.05, 4.69) is 10.6 Å². The minimum Gasteiger partial charge on any atom is -0.508 e. The zero-order valence-corrected chi connectivity index (χ0v) is 41.8. The summed E-state index contributed by atoms with van der Waals surface area (Å²) in [6, 6.07) is 20.3. The Bertz CT molecular complexity index is 2470. The highest BCUT2D eigenvalue weighted by Crippen LogP contribution is 2.56. The summed E-state index contributed by atoms with van der Waals surface area (Å²) in [4.78, 5) is 51.5. The van der Waals surface area contributed by atoms with Gasteiger partial charge in [0.05, 0.1) is 11.1 Å². The molecule has 9 nitrogen and oxygen atoms in total. The molecule has 4 aromatic carbocycles. The summed E-state index contributed by atoms with van der Waals surface area (Å²) in [6.07, 6.45) is -11.1. The van der Waals surface area contributed by atoms with Gasteiger partial charge in [0.1, 0.15) is 23.1 Å². The molecule has 0 radical (unpaired) electrons. The molecule has 4 heterocycles. The van der Waals surface area contributed by atoms with E-state index < -0.39 is 114 Å². The third-order valence-corrected chi connectivity index (χ3v) is 16.9. The van der Waals surface area contributed by atoms with Crippen LogP contribution in [-0.4, -0.2) is 113 Å². The van der Waals surface area contributed by atoms with Gasteiger partial charge in [-0.3, -0.25) is 24.2 Å². The minimum absolute atomic E-state index is 0.103. The molecule has 0 amide bonds. The molecule has 0 aromatic heterocycles. The number of likely N-dealkylation sites (tertiary alicyclic amines) is 2. The summed E-state index contributed by atoms with van der Waals surface area (Å²) in [5, 5.41) is 28.0. The summed E-state index contributed by atoms with van der Waals surface area (Å²) in [7, 11) is 0. The maximum atomic E-state index is 17.8. The SMILES string of the molecule is Cc1c(F)cccc1[C@@H]1C[C@](C(=O)[C@]2(C3CCCNC3)C[C@@H](c3cccc(F)c3C)[C@@H](C(=O)c3cccc(O)c3)CN2CCCC(F)(F)F)(C2CCCNC2)N(CCCC(F)(F)F)C[C@@H]1C(=O)c1cccc(O)c1. The van der Waals surface area contributed by atoms with E-state index >= 15 is 23.2 Å². The van der Waals surface area contributed by atoms with Gasteiger partial charge in [-0.25, -0.2) is 8.78 Å². The molecule has 0 aliphatic carbocycles. The molecule has 0 bridgehead atoms. The highest BCUT2D eigenvalue weighted by molar-refractivity contribution is 6.02. The van der Waals surface area contributed by atoms with Crippen molar-refractivity contribution in [3.63, 3.8) is 0 Å². The molecule has 17 heteroatoms. The van der Waals surface area contributed by atoms with E-state index in [4.69, 9.17) is 0 Å². The number of Topliss-reactive ketones (excluding diaryl/α,β-unsaturated/α-hetero) is 3. The van der Waals surface area contributed by atoms with Gasteiger partial charge < -0.3 is 20.8 Å². The highest BCUT2D eigenvalue weighted by Gasteiger charge is 2.66. The number of aromatic hydroxyl groups is 2. The molecule has 2 unspecified atom stereocenters. The number of carbonyl (C=O) groups excluding carboxylic acids is 3. The number of alkyl halides is 6. The predicted molar refractivity (Wildman–Crippen MR) is 264 cm³/mol. The van der Waals surface area contributed by atoms with Crippen LogP contribution in [0.15, 0.2) is 84.9 Å². The van der Waals surface area contributed by atoms with Crippen molar-refractivity contribution in [3.8, 4) is 11.5 Å². The Morgan fingerprint density at radius 2 is 1.00 bits per heavy atom. The summed E-state index contributed by atoms with van der Waals surface area (Å²) in [5.74, 6) is -8.40. The van der Waals surface area contributed by atoms with Crippen molar-refractivity contribution in [2.45, 2.75) is 113 Å². The lowest BCUT2D eigenvalue weighted by molar-refractivity contribution is -0.168. The van der Waals surface area contributed by atoms with Crippen molar-refractivity contribution in [1.82, 2.24) is 20.4 Å². The van der Waals surface area contributed by atoms with Crippen molar-refractivity contribution >= 4 is 17.3 Å². The summed E-state index contributed by atoms with van der Waals surface area (Å²) in [6.45, 7) is 3.48. The topological polar surface area (TPSA) is 122 Å². The Morgan fingerprint density at radius 1 is 0.608 bits per heavy atom. The van der Waals surface area contributed by atoms with E-state index in [1.54, 1.807) is 35.8 Å². The number of phenolic OH excluding ortho intramolecular Hbond substituents is 2. The molecule has 4 fully saturated rings. The van der Waals surface area contributed by atoms with Crippen molar-refractivity contribution in [2.75, 3.05) is 52.4 Å². The van der Waals surface area contributed by atoms with Crippen molar-refractivity contribution in [2.24, 2.45) is 23.7 Å². The number of halogens is 8. The molecular formula is C57H66F8N4O5. The number of carbonyl (C=O) groups is 3. The van der Waals surface area contributed by atoms with Crippen molar-refractivity contribution < 1.29 is 59.7 Å². The second kappa shape index (κ2) is 22.5. The van der Waals surface area contributed by atoms with E-state index in [1.165, 1.54) is 72.8 Å². The average molecular weight is 1040 g/mol. The third-order valence-electron chi connectivity index (χ3n) is 16.9. The van der Waals surface area contributed by atoms with Crippen LogP contribution in [0.1, 0.15) is 119 Å². The molecule has 8 atom stereocenters. The first-order valence-corrected chi connectivity index (χ1v) is 25.9. The van der Waals surface area contributed by atoms with Crippen LogP contribution < -0.4 is 10.6 Å². The molecule has 4 aromatic rings. The molecule has 4 N–H and O–H groups in total. The fraction of sp³-hybridized carbons (Fsp3) is 0.526. The number of piperidine rings is 4. The minimum atomic E-state index is -4.60. The number of phenols is 2. The predicted octanol–water partition coefficient (Wildman–Crippen LogP) is 11.0. The first kappa shape index (κ1) is 55.0. The van der Waals surface area contributed by atoms with Gasteiger partial charge in [0, 0.05) is 62.0 Å². The number of ketones is 3. The van der Waals surface area contributed by atoms with Crippen LogP contribution in [0.2, 0.25) is 0 Å². The van der Waals surface area contributed by atoms with Crippen LogP contribution in [0.3, 0.4) is 0 Å². The molecule has 8 rings (SSSR count). The molecule has 400 valence electrons. The van der Waals surface area contributed by atoms with E-state index in [0.29, 0.717) is 49.9 Å². The van der Waals surface area contributed by atoms with Crippen molar-refractivity contribution in [1.29, 1.82) is 0 Å². The second-order valence-electron chi connectivity index (χ2n) is 21.2. The lowest BCUT2D eigenvalue weighted by Crippen LogP contribution is -2.77. The molecule has 0 spiro atoms. The van der Waals surface area contributed by atoms with Gasteiger partial charge in [-0.15, -0.1) is 0 Å². The number of hydrogen-bond donors (Lipinski definition) is 4. The lowest BCUT2D eigenvalue weighted by atomic mass is 9.54. The van der Waals surface area contributed by atoms with Crippen LogP contribution >= 0.6 is 0 Å². The van der Waals surface area contributed by atoms with Gasteiger partial charge in [-0.2, -0.15) is 26.3 Å². The number of nitrogens with one attached hydrogen (secondary N) is 2. The number of rotatable bonds is 16.